The molecule has 6 rings (SSSR count). The summed E-state index contributed by atoms with van der Waals surface area (Å²) in [7, 11) is 0. The van der Waals surface area contributed by atoms with E-state index in [2.05, 4.69) is 60.8 Å². The normalized spacial score (nSPS) is 47.8. The average Bonchev–Trinajstić information content (AvgIpc) is 3.25. The number of rotatable bonds is 3. The highest BCUT2D eigenvalue weighted by atomic mass is 19.1. The number of hydrogen-bond donors (Lipinski definition) is 2. The monoisotopic (exact) mass is 566 g/mol. The van der Waals surface area contributed by atoms with Crippen LogP contribution in [0.15, 0.2) is 29.4 Å². The Balaban J connectivity index is 1.29. The molecule has 0 spiro atoms. The lowest BCUT2D eigenvalue weighted by molar-refractivity contribution is -0.244. The second kappa shape index (κ2) is 9.52. The molecule has 4 saturated carbocycles. The van der Waals surface area contributed by atoms with Crippen LogP contribution in [-0.4, -0.2) is 28.1 Å². The van der Waals surface area contributed by atoms with Crippen molar-refractivity contribution < 1.29 is 14.2 Å². The summed E-state index contributed by atoms with van der Waals surface area (Å²) in [5.74, 6) is 1.45. The van der Waals surface area contributed by atoms with Crippen molar-refractivity contribution in [2.75, 3.05) is 5.43 Å². The van der Waals surface area contributed by atoms with Crippen LogP contribution < -0.4 is 5.43 Å². The molecule has 228 valence electrons. The number of nitrogens with one attached hydrogen (secondary N) is 1. The number of halogens is 1. The highest BCUT2D eigenvalue weighted by molar-refractivity contribution is 5.91. The minimum Gasteiger partial charge on any atom is -0.393 e. The summed E-state index contributed by atoms with van der Waals surface area (Å²) in [5, 5.41) is 17.0. The van der Waals surface area contributed by atoms with Crippen molar-refractivity contribution >= 4 is 11.4 Å². The Morgan fingerprint density at radius 3 is 2.34 bits per heavy atom. The van der Waals surface area contributed by atoms with E-state index in [1.165, 1.54) is 49.9 Å². The standard InChI is InChI=1S/C36H55FN2O2/c1-31(2)16-10-17-36(8,41-31)25-13-19-35(7)30(25)26(40)22-28-33(5)18-15-29(39-38-24-12-9-11-23(37)21-24)32(3,4)27(33)14-20-34(28,35)6/h9,11-12,21,25-28,30,38,40H,10,13-20,22H2,1-8H3/b39-29+/t25-,26+,27-,28+,30-,33-,34+,35+,36+/m0/s1. The Morgan fingerprint density at radius 1 is 0.902 bits per heavy atom. The van der Waals surface area contributed by atoms with Gasteiger partial charge in [0.15, 0.2) is 0 Å². The SMILES string of the molecule is CC1(C)CCC[C@](C)([C@H]2CC[C@]3(C)[C@@H]2[C@H](O)C[C@@H]2[C@@]4(C)CC/C(=N\Nc5cccc(F)c5)C(C)(C)[C@@H]4CC[C@]23C)O1. The highest BCUT2D eigenvalue weighted by Crippen LogP contribution is 2.76. The van der Waals surface area contributed by atoms with Crippen LogP contribution in [0.5, 0.6) is 0 Å². The van der Waals surface area contributed by atoms with E-state index in [-0.39, 0.29) is 44.8 Å². The number of benzene rings is 1. The Morgan fingerprint density at radius 2 is 1.63 bits per heavy atom. The van der Waals surface area contributed by atoms with Gasteiger partial charge in [0.25, 0.3) is 0 Å². The molecule has 1 aromatic carbocycles. The third kappa shape index (κ3) is 4.37. The van der Waals surface area contributed by atoms with Gasteiger partial charge in [0.1, 0.15) is 5.82 Å². The van der Waals surface area contributed by atoms with Gasteiger partial charge in [-0.15, -0.1) is 0 Å². The van der Waals surface area contributed by atoms with E-state index >= 15 is 0 Å². The fraction of sp³-hybridized carbons (Fsp3) is 0.806. The van der Waals surface area contributed by atoms with Gasteiger partial charge in [-0.05, 0) is 143 Å². The minimum atomic E-state index is -0.278. The lowest BCUT2D eigenvalue weighted by Gasteiger charge is -2.70. The number of hydrogen-bond acceptors (Lipinski definition) is 4. The molecule has 0 unspecified atom stereocenters. The largest absolute Gasteiger partial charge is 0.393 e. The number of aliphatic hydroxyl groups excluding tert-OH is 1. The fourth-order valence-corrected chi connectivity index (χ4v) is 12.0. The first-order chi connectivity index (χ1) is 19.1. The first kappa shape index (κ1) is 29.6. The van der Waals surface area contributed by atoms with E-state index in [1.807, 2.05) is 6.07 Å². The van der Waals surface area contributed by atoms with Crippen LogP contribution in [0.1, 0.15) is 120 Å². The lowest BCUT2D eigenvalue weighted by atomic mass is 9.35. The number of nitrogens with zero attached hydrogens (tertiary/aromatic N) is 1. The molecule has 5 heteroatoms. The zero-order valence-corrected chi connectivity index (χ0v) is 26.9. The molecule has 5 fully saturated rings. The van der Waals surface area contributed by atoms with Gasteiger partial charge in [0.05, 0.1) is 23.0 Å². The second-order valence-corrected chi connectivity index (χ2v) is 16.9. The summed E-state index contributed by atoms with van der Waals surface area (Å²) in [5.41, 5.74) is 5.21. The van der Waals surface area contributed by atoms with Crippen molar-refractivity contribution in [2.45, 2.75) is 137 Å². The lowest BCUT2D eigenvalue weighted by Crippen LogP contribution is -2.66. The summed E-state index contributed by atoms with van der Waals surface area (Å²) in [4.78, 5) is 0. The molecule has 9 atom stereocenters. The Hall–Kier alpha value is -1.46. The van der Waals surface area contributed by atoms with Crippen molar-refractivity contribution in [2.24, 2.45) is 50.4 Å². The van der Waals surface area contributed by atoms with Crippen molar-refractivity contribution in [3.05, 3.63) is 30.1 Å². The first-order valence-corrected chi connectivity index (χ1v) is 16.5. The zero-order valence-electron chi connectivity index (χ0n) is 26.9. The van der Waals surface area contributed by atoms with Crippen LogP contribution in [0, 0.1) is 51.1 Å². The molecule has 1 heterocycles. The van der Waals surface area contributed by atoms with Crippen molar-refractivity contribution in [1.29, 1.82) is 0 Å². The number of hydrazone groups is 1. The zero-order chi connectivity index (χ0) is 29.6. The van der Waals surface area contributed by atoms with Gasteiger partial charge in [0, 0.05) is 11.1 Å². The third-order valence-corrected chi connectivity index (χ3v) is 14.1. The van der Waals surface area contributed by atoms with Gasteiger partial charge in [-0.25, -0.2) is 4.39 Å². The topological polar surface area (TPSA) is 53.9 Å². The second-order valence-electron chi connectivity index (χ2n) is 16.9. The Bertz CT molecular complexity index is 1210. The molecule has 1 aromatic rings. The maximum Gasteiger partial charge on any atom is 0.125 e. The fourth-order valence-electron chi connectivity index (χ4n) is 12.0. The summed E-state index contributed by atoms with van der Waals surface area (Å²) in [6, 6.07) is 6.56. The molecule has 0 aromatic heterocycles. The van der Waals surface area contributed by atoms with E-state index in [0.717, 1.165) is 32.1 Å². The van der Waals surface area contributed by atoms with E-state index in [1.54, 1.807) is 6.07 Å². The van der Waals surface area contributed by atoms with Gasteiger partial charge < -0.3 is 9.84 Å². The maximum atomic E-state index is 13.8. The van der Waals surface area contributed by atoms with E-state index in [9.17, 15) is 9.50 Å². The quantitative estimate of drug-likeness (QED) is 0.359. The third-order valence-electron chi connectivity index (χ3n) is 14.1. The Labute approximate surface area is 248 Å². The van der Waals surface area contributed by atoms with E-state index in [4.69, 9.17) is 9.84 Å². The molecule has 2 N–H and O–H groups in total. The van der Waals surface area contributed by atoms with Gasteiger partial charge in [-0.2, -0.15) is 5.10 Å². The highest BCUT2D eigenvalue weighted by Gasteiger charge is 2.71. The summed E-state index contributed by atoms with van der Waals surface area (Å²) >= 11 is 0. The first-order valence-electron chi connectivity index (χ1n) is 16.5. The number of fused-ring (bicyclic) bond motifs is 5. The number of anilines is 1. The molecular formula is C36H55FN2O2. The predicted octanol–water partition coefficient (Wildman–Crippen LogP) is 8.99. The van der Waals surface area contributed by atoms with Crippen molar-refractivity contribution in [1.82, 2.24) is 0 Å². The van der Waals surface area contributed by atoms with Crippen LogP contribution in [-0.2, 0) is 4.74 Å². The van der Waals surface area contributed by atoms with Crippen LogP contribution in [0.3, 0.4) is 0 Å². The molecule has 0 bridgehead atoms. The van der Waals surface area contributed by atoms with E-state index < -0.39 is 0 Å². The molecule has 41 heavy (non-hydrogen) atoms. The summed E-state index contributed by atoms with van der Waals surface area (Å²) in [6.07, 6.45) is 10.9. The van der Waals surface area contributed by atoms with Crippen LogP contribution in [0.25, 0.3) is 0 Å². The molecule has 4 nitrogen and oxygen atoms in total. The van der Waals surface area contributed by atoms with Crippen LogP contribution in [0.4, 0.5) is 10.1 Å². The van der Waals surface area contributed by atoms with Crippen LogP contribution in [0.2, 0.25) is 0 Å². The molecule has 1 saturated heterocycles. The number of ether oxygens (including phenoxy) is 1. The average molecular weight is 567 g/mol. The number of aliphatic hydroxyl groups is 1. The van der Waals surface area contributed by atoms with Gasteiger partial charge in [-0.1, -0.05) is 40.7 Å². The molecule has 4 aliphatic carbocycles. The van der Waals surface area contributed by atoms with Crippen molar-refractivity contribution in [3.63, 3.8) is 0 Å². The Kier molecular flexibility index (Phi) is 6.87. The molecule has 0 radical (unpaired) electrons. The van der Waals surface area contributed by atoms with Gasteiger partial charge in [-0.3, -0.25) is 5.43 Å². The van der Waals surface area contributed by atoms with Gasteiger partial charge in [0.2, 0.25) is 0 Å². The maximum absolute atomic E-state index is 13.8. The van der Waals surface area contributed by atoms with Gasteiger partial charge >= 0.3 is 0 Å². The molecule has 1 aliphatic heterocycles. The molecule has 5 aliphatic rings. The van der Waals surface area contributed by atoms with E-state index in [0.29, 0.717) is 29.4 Å². The predicted molar refractivity (Wildman–Crippen MR) is 165 cm³/mol. The summed E-state index contributed by atoms with van der Waals surface area (Å²) in [6.45, 7) is 19.3. The van der Waals surface area contributed by atoms with Crippen molar-refractivity contribution in [3.8, 4) is 0 Å². The molecular weight excluding hydrogens is 511 g/mol. The molecule has 0 amide bonds. The smallest absolute Gasteiger partial charge is 0.125 e. The summed E-state index contributed by atoms with van der Waals surface area (Å²) < 4.78 is 20.7. The van der Waals surface area contributed by atoms with Crippen LogP contribution >= 0.6 is 0 Å². The minimum absolute atomic E-state index is 0.0649.